The Morgan fingerprint density at radius 1 is 1.12 bits per heavy atom. The number of benzene rings is 2. The lowest BCUT2D eigenvalue weighted by Gasteiger charge is -2.13. The third-order valence-electron chi connectivity index (χ3n) is 4.10. The van der Waals surface area contributed by atoms with E-state index in [2.05, 4.69) is 5.32 Å². The highest BCUT2D eigenvalue weighted by Crippen LogP contribution is 2.28. The van der Waals surface area contributed by atoms with Crippen LogP contribution in [0.25, 0.3) is 0 Å². The van der Waals surface area contributed by atoms with E-state index < -0.39 is 6.04 Å². The molecule has 0 unspecified atom stereocenters. The minimum absolute atomic E-state index is 0.112. The van der Waals surface area contributed by atoms with Crippen LogP contribution in [0, 0.1) is 0 Å². The number of nitrogens with two attached hydrogens (primary N) is 1. The average molecular weight is 356 g/mol. The van der Waals surface area contributed by atoms with Crippen molar-refractivity contribution in [2.75, 3.05) is 20.3 Å². The van der Waals surface area contributed by atoms with Gasteiger partial charge in [0, 0.05) is 6.54 Å². The second-order valence-corrected chi connectivity index (χ2v) is 6.11. The zero-order valence-corrected chi connectivity index (χ0v) is 15.5. The summed E-state index contributed by atoms with van der Waals surface area (Å²) in [6.45, 7) is 3.13. The molecule has 0 aliphatic rings. The maximum Gasteiger partial charge on any atom is 0.237 e. The lowest BCUT2D eigenvalue weighted by Crippen LogP contribution is -2.42. The summed E-state index contributed by atoms with van der Waals surface area (Å²) in [6.07, 6.45) is 2.23. The largest absolute Gasteiger partial charge is 0.493 e. The molecule has 0 saturated heterocycles. The Morgan fingerprint density at radius 3 is 2.58 bits per heavy atom. The number of rotatable bonds is 10. The molecule has 1 atom stereocenters. The molecular formula is C21H28N2O3. The predicted octanol–water partition coefficient (Wildman–Crippen LogP) is 2.71. The first-order valence-electron chi connectivity index (χ1n) is 9.01. The molecule has 0 aliphatic carbocycles. The van der Waals surface area contributed by atoms with Crippen LogP contribution in [-0.4, -0.2) is 32.2 Å². The highest BCUT2D eigenvalue weighted by molar-refractivity contribution is 5.81. The first kappa shape index (κ1) is 19.8. The van der Waals surface area contributed by atoms with Gasteiger partial charge in [0.2, 0.25) is 5.91 Å². The van der Waals surface area contributed by atoms with Crippen LogP contribution in [0.4, 0.5) is 0 Å². The van der Waals surface area contributed by atoms with Crippen molar-refractivity contribution < 1.29 is 14.3 Å². The highest BCUT2D eigenvalue weighted by Gasteiger charge is 2.13. The van der Waals surface area contributed by atoms with Gasteiger partial charge in [-0.15, -0.1) is 0 Å². The zero-order valence-electron chi connectivity index (χ0n) is 15.5. The van der Waals surface area contributed by atoms with E-state index >= 15 is 0 Å². The van der Waals surface area contributed by atoms with Crippen molar-refractivity contribution in [1.82, 2.24) is 5.32 Å². The van der Waals surface area contributed by atoms with Gasteiger partial charge in [-0.25, -0.2) is 0 Å². The summed E-state index contributed by atoms with van der Waals surface area (Å²) in [5, 5.41) is 2.92. The molecule has 0 radical (unpaired) electrons. The Hall–Kier alpha value is -2.53. The number of nitrogens with one attached hydrogen (secondary N) is 1. The van der Waals surface area contributed by atoms with E-state index in [1.807, 2.05) is 55.5 Å². The van der Waals surface area contributed by atoms with Crippen LogP contribution in [0.2, 0.25) is 0 Å². The second-order valence-electron chi connectivity index (χ2n) is 6.11. The number of ether oxygens (including phenoxy) is 2. The molecule has 0 saturated carbocycles. The van der Waals surface area contributed by atoms with Crippen molar-refractivity contribution in [1.29, 1.82) is 0 Å². The number of carbonyl (C=O) groups excluding carboxylic acids is 1. The average Bonchev–Trinajstić information content (AvgIpc) is 2.66. The van der Waals surface area contributed by atoms with E-state index in [0.29, 0.717) is 19.6 Å². The molecular weight excluding hydrogens is 328 g/mol. The number of aryl methyl sites for hydroxylation is 1. The third kappa shape index (κ3) is 6.08. The van der Waals surface area contributed by atoms with Crippen LogP contribution < -0.4 is 20.5 Å². The maximum atomic E-state index is 12.1. The molecule has 0 heterocycles. The molecule has 3 N–H and O–H groups in total. The molecule has 5 nitrogen and oxygen atoms in total. The third-order valence-corrected chi connectivity index (χ3v) is 4.10. The van der Waals surface area contributed by atoms with Crippen LogP contribution in [-0.2, 0) is 17.6 Å². The van der Waals surface area contributed by atoms with Gasteiger partial charge in [-0.2, -0.15) is 0 Å². The summed E-state index contributed by atoms with van der Waals surface area (Å²) >= 11 is 0. The molecule has 140 valence electrons. The number of methoxy groups -OCH3 is 1. The van der Waals surface area contributed by atoms with E-state index in [1.165, 1.54) is 0 Å². The van der Waals surface area contributed by atoms with Crippen LogP contribution in [0.1, 0.15) is 24.5 Å². The Kier molecular flexibility index (Phi) is 7.96. The molecule has 0 spiro atoms. The van der Waals surface area contributed by atoms with Crippen LogP contribution in [0.15, 0.2) is 48.5 Å². The number of amides is 1. The zero-order chi connectivity index (χ0) is 18.8. The van der Waals surface area contributed by atoms with Crippen molar-refractivity contribution in [3.63, 3.8) is 0 Å². The number of hydrogen-bond donors (Lipinski definition) is 2. The summed E-state index contributed by atoms with van der Waals surface area (Å²) in [7, 11) is 1.63. The van der Waals surface area contributed by atoms with Gasteiger partial charge in [-0.05, 0) is 49.4 Å². The first-order chi connectivity index (χ1) is 12.6. The van der Waals surface area contributed by atoms with E-state index in [1.54, 1.807) is 7.11 Å². The molecule has 0 aliphatic heterocycles. The van der Waals surface area contributed by atoms with Crippen molar-refractivity contribution in [2.45, 2.75) is 32.2 Å². The monoisotopic (exact) mass is 356 g/mol. The lowest BCUT2D eigenvalue weighted by atomic mass is 10.1. The fraction of sp³-hybridized carbons (Fsp3) is 0.381. The van der Waals surface area contributed by atoms with E-state index in [0.717, 1.165) is 35.5 Å². The molecule has 1 amide bonds. The van der Waals surface area contributed by atoms with E-state index in [9.17, 15) is 4.79 Å². The van der Waals surface area contributed by atoms with Gasteiger partial charge in [0.25, 0.3) is 0 Å². The molecule has 0 fully saturated rings. The van der Waals surface area contributed by atoms with Gasteiger partial charge in [0.05, 0.1) is 19.8 Å². The molecule has 0 bridgehead atoms. The van der Waals surface area contributed by atoms with Gasteiger partial charge in [0.1, 0.15) is 0 Å². The summed E-state index contributed by atoms with van der Waals surface area (Å²) in [6, 6.07) is 15.2. The summed E-state index contributed by atoms with van der Waals surface area (Å²) < 4.78 is 10.9. The van der Waals surface area contributed by atoms with Gasteiger partial charge < -0.3 is 20.5 Å². The van der Waals surface area contributed by atoms with E-state index in [-0.39, 0.29) is 5.91 Å². The van der Waals surface area contributed by atoms with Crippen molar-refractivity contribution >= 4 is 5.91 Å². The van der Waals surface area contributed by atoms with Crippen LogP contribution in [0.3, 0.4) is 0 Å². The fourth-order valence-electron chi connectivity index (χ4n) is 2.74. The lowest BCUT2D eigenvalue weighted by molar-refractivity contribution is -0.122. The Morgan fingerprint density at radius 2 is 1.88 bits per heavy atom. The predicted molar refractivity (Wildman–Crippen MR) is 104 cm³/mol. The first-order valence-corrected chi connectivity index (χ1v) is 9.01. The number of carbonyl (C=O) groups is 1. The minimum atomic E-state index is -0.525. The topological polar surface area (TPSA) is 73.6 Å². The normalized spacial score (nSPS) is 11.7. The Balaban J connectivity index is 1.75. The molecule has 26 heavy (non-hydrogen) atoms. The standard InChI is InChI=1S/C21H28N2O3/c1-3-26-20-15-17(11-12-19(20)25-2)10-7-13-23-21(24)18(22)14-16-8-5-4-6-9-16/h4-6,8-9,11-12,15,18H,3,7,10,13-14,22H2,1-2H3,(H,23,24)/t18-/m0/s1. The highest BCUT2D eigenvalue weighted by atomic mass is 16.5. The Bertz CT molecular complexity index is 689. The fourth-order valence-corrected chi connectivity index (χ4v) is 2.74. The summed E-state index contributed by atoms with van der Waals surface area (Å²) in [5.41, 5.74) is 8.20. The molecule has 0 aromatic heterocycles. The van der Waals surface area contributed by atoms with Crippen LogP contribution >= 0.6 is 0 Å². The van der Waals surface area contributed by atoms with Crippen molar-refractivity contribution in [2.24, 2.45) is 5.73 Å². The molecule has 2 aromatic carbocycles. The second kappa shape index (κ2) is 10.5. The van der Waals surface area contributed by atoms with Crippen molar-refractivity contribution in [3.8, 4) is 11.5 Å². The van der Waals surface area contributed by atoms with Gasteiger partial charge >= 0.3 is 0 Å². The molecule has 5 heteroatoms. The molecule has 2 rings (SSSR count). The quantitative estimate of drug-likeness (QED) is 0.642. The number of hydrogen-bond acceptors (Lipinski definition) is 4. The minimum Gasteiger partial charge on any atom is -0.493 e. The van der Waals surface area contributed by atoms with Crippen LogP contribution in [0.5, 0.6) is 11.5 Å². The molecule has 2 aromatic rings. The maximum absolute atomic E-state index is 12.1. The summed E-state index contributed by atoms with van der Waals surface area (Å²) in [5.74, 6) is 1.37. The summed E-state index contributed by atoms with van der Waals surface area (Å²) in [4.78, 5) is 12.1. The Labute approximate surface area is 155 Å². The van der Waals surface area contributed by atoms with Gasteiger partial charge in [-0.3, -0.25) is 4.79 Å². The van der Waals surface area contributed by atoms with Crippen molar-refractivity contribution in [3.05, 3.63) is 59.7 Å². The van der Waals surface area contributed by atoms with Gasteiger partial charge in [-0.1, -0.05) is 36.4 Å². The SMILES string of the molecule is CCOc1cc(CCCNC(=O)[C@@H](N)Cc2ccccc2)ccc1OC. The smallest absolute Gasteiger partial charge is 0.237 e. The van der Waals surface area contributed by atoms with Gasteiger partial charge in [0.15, 0.2) is 11.5 Å². The van der Waals surface area contributed by atoms with E-state index in [4.69, 9.17) is 15.2 Å².